The summed E-state index contributed by atoms with van der Waals surface area (Å²) >= 11 is 0. The summed E-state index contributed by atoms with van der Waals surface area (Å²) in [6, 6.07) is 10.2. The van der Waals surface area contributed by atoms with Gasteiger partial charge in [-0.1, -0.05) is 18.2 Å². The number of nitrogens with zero attached hydrogens (tertiary/aromatic N) is 3. The van der Waals surface area contributed by atoms with Crippen molar-refractivity contribution in [3.63, 3.8) is 0 Å². The molecule has 0 unspecified atom stereocenters. The normalized spacial score (nSPS) is 11.1. The average molecular weight is 446 g/mol. The maximum Gasteiger partial charge on any atom is 0.323 e. The predicted molar refractivity (Wildman–Crippen MR) is 126 cm³/mol. The third-order valence-corrected chi connectivity index (χ3v) is 5.27. The highest BCUT2D eigenvalue weighted by Gasteiger charge is 2.21. The summed E-state index contributed by atoms with van der Waals surface area (Å²) in [7, 11) is 0. The van der Waals surface area contributed by atoms with E-state index in [0.717, 1.165) is 5.56 Å². The lowest BCUT2D eigenvalue weighted by Crippen LogP contribution is -2.20. The van der Waals surface area contributed by atoms with Gasteiger partial charge in [-0.2, -0.15) is 0 Å². The number of hydrogen-bond donors (Lipinski definition) is 3. The molecule has 4 N–H and O–H groups in total. The molecule has 0 aliphatic carbocycles. The van der Waals surface area contributed by atoms with Crippen LogP contribution in [-0.4, -0.2) is 26.3 Å². The van der Waals surface area contributed by atoms with Crippen LogP contribution >= 0.6 is 0 Å². The van der Waals surface area contributed by atoms with E-state index in [1.165, 1.54) is 18.5 Å². The second-order valence-corrected chi connectivity index (χ2v) is 7.95. The molecule has 0 saturated heterocycles. The van der Waals surface area contributed by atoms with Crippen LogP contribution in [0.2, 0.25) is 0 Å². The highest BCUT2D eigenvalue weighted by atomic mass is 19.1. The number of nitrogen functional groups attached to an aromatic ring is 1. The lowest BCUT2D eigenvalue weighted by atomic mass is 10.0. The number of nitrogens with two attached hydrogens (primary N) is 1. The predicted octanol–water partition coefficient (Wildman–Crippen LogP) is 4.92. The fraction of sp³-hybridized carbons (Fsp3) is 0.167. The number of aromatic nitrogens is 3. The van der Waals surface area contributed by atoms with Gasteiger partial charge in [-0.05, 0) is 50.6 Å². The fourth-order valence-corrected chi connectivity index (χ4v) is 3.58. The van der Waals surface area contributed by atoms with Gasteiger partial charge in [0.2, 0.25) is 0 Å². The van der Waals surface area contributed by atoms with Gasteiger partial charge in [-0.3, -0.25) is 4.79 Å². The standard InChI is InChI=1S/C24H23FN6O2/c1-13(2)31-11-18(20-22(26)27-12-28-23(20)31)21(32)15-5-4-6-17(9-15)29-24(33)30-19-10-16(25)8-7-14(19)3/h4-13H,1-3H3,(H2,26,27,28)(H2,29,30,33). The van der Waals surface area contributed by atoms with Gasteiger partial charge in [0, 0.05) is 29.2 Å². The highest BCUT2D eigenvalue weighted by Crippen LogP contribution is 2.29. The Kier molecular flexibility index (Phi) is 5.78. The fourth-order valence-electron chi connectivity index (χ4n) is 3.58. The Hall–Kier alpha value is -4.27. The Morgan fingerprint density at radius 1 is 1.09 bits per heavy atom. The highest BCUT2D eigenvalue weighted by molar-refractivity contribution is 6.18. The van der Waals surface area contributed by atoms with E-state index in [-0.39, 0.29) is 17.6 Å². The van der Waals surface area contributed by atoms with E-state index in [9.17, 15) is 14.0 Å². The number of benzene rings is 2. The second kappa shape index (κ2) is 8.70. The van der Waals surface area contributed by atoms with Gasteiger partial charge < -0.3 is 20.9 Å². The van der Waals surface area contributed by atoms with Gasteiger partial charge in [-0.25, -0.2) is 19.2 Å². The molecule has 33 heavy (non-hydrogen) atoms. The van der Waals surface area contributed by atoms with Crippen LogP contribution in [0.25, 0.3) is 11.0 Å². The number of amides is 2. The topological polar surface area (TPSA) is 115 Å². The molecule has 8 nitrogen and oxygen atoms in total. The van der Waals surface area contributed by atoms with E-state index in [1.807, 2.05) is 18.4 Å². The number of urea groups is 1. The zero-order chi connectivity index (χ0) is 23.7. The van der Waals surface area contributed by atoms with Gasteiger partial charge in [0.15, 0.2) is 5.78 Å². The molecule has 2 heterocycles. The number of hydrogen-bond acceptors (Lipinski definition) is 5. The molecule has 2 aromatic heterocycles. The molecule has 0 atom stereocenters. The van der Waals surface area contributed by atoms with Crippen molar-refractivity contribution in [3.05, 3.63) is 77.5 Å². The molecule has 9 heteroatoms. The monoisotopic (exact) mass is 446 g/mol. The van der Waals surface area contributed by atoms with Gasteiger partial charge in [0.25, 0.3) is 0 Å². The molecule has 4 rings (SSSR count). The van der Waals surface area contributed by atoms with Crippen molar-refractivity contribution in [2.45, 2.75) is 26.8 Å². The van der Waals surface area contributed by atoms with E-state index in [2.05, 4.69) is 20.6 Å². The molecular weight excluding hydrogens is 423 g/mol. The molecule has 0 saturated carbocycles. The summed E-state index contributed by atoms with van der Waals surface area (Å²) in [6.45, 7) is 5.72. The average Bonchev–Trinajstić information content (AvgIpc) is 3.17. The van der Waals surface area contributed by atoms with Crippen molar-refractivity contribution < 1.29 is 14.0 Å². The van der Waals surface area contributed by atoms with Crippen LogP contribution in [0.15, 0.2) is 55.0 Å². The van der Waals surface area contributed by atoms with Crippen molar-refractivity contribution in [1.29, 1.82) is 0 Å². The molecule has 168 valence electrons. The minimum absolute atomic E-state index is 0.0614. The van der Waals surface area contributed by atoms with Crippen LogP contribution in [0.1, 0.15) is 41.4 Å². The van der Waals surface area contributed by atoms with Crippen molar-refractivity contribution in [2.24, 2.45) is 0 Å². The zero-order valence-electron chi connectivity index (χ0n) is 18.4. The molecule has 2 aromatic carbocycles. The van der Waals surface area contributed by atoms with Gasteiger partial charge in [-0.15, -0.1) is 0 Å². The number of fused-ring (bicyclic) bond motifs is 1. The minimum atomic E-state index is -0.553. The first-order valence-corrected chi connectivity index (χ1v) is 10.3. The maximum absolute atomic E-state index is 13.5. The molecule has 0 fully saturated rings. The van der Waals surface area contributed by atoms with Gasteiger partial charge >= 0.3 is 6.03 Å². The Morgan fingerprint density at radius 3 is 2.64 bits per heavy atom. The van der Waals surface area contributed by atoms with Gasteiger partial charge in [0.1, 0.15) is 23.6 Å². The first-order valence-electron chi connectivity index (χ1n) is 10.3. The van der Waals surface area contributed by atoms with Crippen molar-refractivity contribution >= 4 is 40.0 Å². The van der Waals surface area contributed by atoms with Crippen LogP contribution in [-0.2, 0) is 0 Å². The van der Waals surface area contributed by atoms with Gasteiger partial charge in [0.05, 0.1) is 10.9 Å². The molecule has 0 aliphatic heterocycles. The first kappa shape index (κ1) is 21.9. The summed E-state index contributed by atoms with van der Waals surface area (Å²) in [5, 5.41) is 5.79. The summed E-state index contributed by atoms with van der Waals surface area (Å²) in [6.07, 6.45) is 3.09. The molecule has 0 bridgehead atoms. The number of anilines is 3. The van der Waals surface area contributed by atoms with E-state index in [1.54, 1.807) is 43.5 Å². The minimum Gasteiger partial charge on any atom is -0.383 e. The van der Waals surface area contributed by atoms with E-state index in [0.29, 0.717) is 33.5 Å². The molecule has 2 amide bonds. The first-order chi connectivity index (χ1) is 15.7. The summed E-state index contributed by atoms with van der Waals surface area (Å²) in [5.41, 5.74) is 8.88. The Bertz CT molecular complexity index is 1380. The van der Waals surface area contributed by atoms with Crippen LogP contribution in [0.3, 0.4) is 0 Å². The Morgan fingerprint density at radius 2 is 1.88 bits per heavy atom. The van der Waals surface area contributed by atoms with E-state index >= 15 is 0 Å². The number of carbonyl (C=O) groups excluding carboxylic acids is 2. The molecule has 0 radical (unpaired) electrons. The molecule has 4 aromatic rings. The summed E-state index contributed by atoms with van der Waals surface area (Å²) < 4.78 is 15.4. The van der Waals surface area contributed by atoms with Crippen LogP contribution in [0.5, 0.6) is 0 Å². The lowest BCUT2D eigenvalue weighted by Gasteiger charge is -2.11. The molecule has 0 aliphatic rings. The Labute approximate surface area is 189 Å². The molecular formula is C24H23FN6O2. The van der Waals surface area contributed by atoms with E-state index < -0.39 is 11.8 Å². The summed E-state index contributed by atoms with van der Waals surface area (Å²) in [4.78, 5) is 34.1. The Balaban J connectivity index is 1.61. The number of aryl methyl sites for hydroxylation is 1. The van der Waals surface area contributed by atoms with Crippen LogP contribution < -0.4 is 16.4 Å². The maximum atomic E-state index is 13.5. The smallest absolute Gasteiger partial charge is 0.323 e. The number of carbonyl (C=O) groups is 2. The van der Waals surface area contributed by atoms with Crippen molar-refractivity contribution in [2.75, 3.05) is 16.4 Å². The number of nitrogens with one attached hydrogen (secondary N) is 2. The quantitative estimate of drug-likeness (QED) is 0.377. The largest absolute Gasteiger partial charge is 0.383 e. The molecule has 0 spiro atoms. The number of halogens is 1. The lowest BCUT2D eigenvalue weighted by molar-refractivity contribution is 0.104. The zero-order valence-corrected chi connectivity index (χ0v) is 18.4. The number of rotatable bonds is 5. The van der Waals surface area contributed by atoms with E-state index in [4.69, 9.17) is 5.73 Å². The third-order valence-electron chi connectivity index (χ3n) is 5.27. The second-order valence-electron chi connectivity index (χ2n) is 7.95. The summed E-state index contributed by atoms with van der Waals surface area (Å²) in [5.74, 6) is -0.500. The van der Waals surface area contributed by atoms with Crippen molar-refractivity contribution in [1.82, 2.24) is 14.5 Å². The third kappa shape index (κ3) is 4.38. The van der Waals surface area contributed by atoms with Crippen molar-refractivity contribution in [3.8, 4) is 0 Å². The number of ketones is 1. The van der Waals surface area contributed by atoms with Crippen LogP contribution in [0, 0.1) is 12.7 Å². The SMILES string of the molecule is Cc1ccc(F)cc1NC(=O)Nc1cccc(C(=O)c2cn(C(C)C)c3ncnc(N)c23)c1. The van der Waals surface area contributed by atoms with Crippen LogP contribution in [0.4, 0.5) is 26.4 Å².